The molecule has 0 spiro atoms. The molecule has 1 unspecified atom stereocenters. The second-order valence-electron chi connectivity index (χ2n) is 5.84. The minimum absolute atomic E-state index is 0.0538. The molecule has 3 amide bonds. The van der Waals surface area contributed by atoms with E-state index in [2.05, 4.69) is 15.3 Å². The summed E-state index contributed by atoms with van der Waals surface area (Å²) in [5.74, 6) is -0.647. The van der Waals surface area contributed by atoms with Crippen LogP contribution in [-0.2, 0) is 25.5 Å². The Balaban J connectivity index is 1.65. The van der Waals surface area contributed by atoms with Crippen LogP contribution in [-0.4, -0.2) is 53.7 Å². The van der Waals surface area contributed by atoms with E-state index < -0.39 is 18.1 Å². The molecule has 1 saturated heterocycles. The van der Waals surface area contributed by atoms with Crippen LogP contribution in [0.2, 0.25) is 0 Å². The molecule has 4 N–H and O–H groups in total. The van der Waals surface area contributed by atoms with E-state index in [9.17, 15) is 14.4 Å². The molecule has 1 aliphatic rings. The Morgan fingerprint density at radius 3 is 2.78 bits per heavy atom. The van der Waals surface area contributed by atoms with E-state index >= 15 is 0 Å². The Morgan fingerprint density at radius 2 is 2.15 bits per heavy atom. The van der Waals surface area contributed by atoms with Gasteiger partial charge < -0.3 is 30.4 Å². The Labute approximate surface area is 154 Å². The van der Waals surface area contributed by atoms with Gasteiger partial charge in [-0.25, -0.2) is 9.78 Å². The monoisotopic (exact) mass is 373 g/mol. The first-order chi connectivity index (χ1) is 13.0. The Hall–Kier alpha value is -3.40. The van der Waals surface area contributed by atoms with Crippen LogP contribution in [0.25, 0.3) is 0 Å². The van der Waals surface area contributed by atoms with Gasteiger partial charge in [0, 0.05) is 36.2 Å². The molecule has 1 aromatic heterocycles. The number of carbonyl (C=O) groups excluding carboxylic acids is 3. The SMILES string of the molecule is NC(=O)OC(Cc1cnc[nH]1)C(=O)Nc1ccc(N2CCOCC2=O)cc1. The first-order valence-corrected chi connectivity index (χ1v) is 8.25. The number of hydrogen-bond donors (Lipinski definition) is 3. The molecule has 27 heavy (non-hydrogen) atoms. The predicted molar refractivity (Wildman–Crippen MR) is 95.0 cm³/mol. The molecule has 3 rings (SSSR count). The van der Waals surface area contributed by atoms with Crippen molar-refractivity contribution in [3.05, 3.63) is 42.5 Å². The maximum atomic E-state index is 12.5. The number of nitrogens with two attached hydrogens (primary N) is 1. The lowest BCUT2D eigenvalue weighted by Crippen LogP contribution is -2.41. The van der Waals surface area contributed by atoms with Gasteiger partial charge in [-0.3, -0.25) is 9.59 Å². The number of rotatable bonds is 6. The number of amides is 3. The standard InChI is InChI=1S/C17H19N5O5/c18-17(25)27-14(7-12-8-19-10-20-12)16(24)21-11-1-3-13(4-2-11)22-5-6-26-9-15(22)23/h1-4,8,10,14H,5-7,9H2,(H2,18,25)(H,19,20)(H,21,24). The van der Waals surface area contributed by atoms with Gasteiger partial charge in [0.25, 0.3) is 11.8 Å². The number of nitrogens with zero attached hydrogens (tertiary/aromatic N) is 2. The molecule has 0 bridgehead atoms. The molecule has 0 aliphatic carbocycles. The van der Waals surface area contributed by atoms with Gasteiger partial charge >= 0.3 is 6.09 Å². The second kappa shape index (κ2) is 8.32. The first kappa shape index (κ1) is 18.4. The molecular formula is C17H19N5O5. The van der Waals surface area contributed by atoms with E-state index in [1.165, 1.54) is 12.5 Å². The lowest BCUT2D eigenvalue weighted by molar-refractivity contribution is -0.126. The average molecular weight is 373 g/mol. The number of nitrogens with one attached hydrogen (secondary N) is 2. The minimum atomic E-state index is -1.11. The fourth-order valence-electron chi connectivity index (χ4n) is 2.66. The molecule has 1 aliphatic heterocycles. The van der Waals surface area contributed by atoms with Crippen molar-refractivity contribution in [2.24, 2.45) is 5.73 Å². The summed E-state index contributed by atoms with van der Waals surface area (Å²) in [6.45, 7) is 1.01. The molecule has 1 atom stereocenters. The summed E-state index contributed by atoms with van der Waals surface area (Å²) in [6.07, 6.45) is 0.938. The molecule has 1 aromatic carbocycles. The number of anilines is 2. The largest absolute Gasteiger partial charge is 0.436 e. The Kier molecular flexibility index (Phi) is 5.67. The van der Waals surface area contributed by atoms with E-state index in [1.807, 2.05) is 0 Å². The Bertz CT molecular complexity index is 806. The average Bonchev–Trinajstić information content (AvgIpc) is 3.15. The van der Waals surface area contributed by atoms with Crippen LogP contribution in [0.4, 0.5) is 16.2 Å². The molecule has 2 aromatic rings. The summed E-state index contributed by atoms with van der Waals surface area (Å²) in [5.41, 5.74) is 6.88. The Morgan fingerprint density at radius 1 is 1.37 bits per heavy atom. The predicted octanol–water partition coefficient (Wildman–Crippen LogP) is 0.418. The van der Waals surface area contributed by atoms with E-state index in [1.54, 1.807) is 29.2 Å². The number of primary amides is 1. The number of hydrogen-bond acceptors (Lipinski definition) is 6. The lowest BCUT2D eigenvalue weighted by Gasteiger charge is -2.27. The highest BCUT2D eigenvalue weighted by Gasteiger charge is 2.24. The fourth-order valence-corrected chi connectivity index (χ4v) is 2.66. The number of imidazole rings is 1. The summed E-state index contributed by atoms with van der Waals surface area (Å²) in [6, 6.07) is 6.76. The van der Waals surface area contributed by atoms with Crippen molar-refractivity contribution >= 4 is 29.3 Å². The third-order valence-electron chi connectivity index (χ3n) is 3.94. The van der Waals surface area contributed by atoms with E-state index in [0.29, 0.717) is 30.2 Å². The highest BCUT2D eigenvalue weighted by atomic mass is 16.6. The molecule has 10 nitrogen and oxygen atoms in total. The van der Waals surface area contributed by atoms with Crippen LogP contribution in [0.15, 0.2) is 36.8 Å². The molecule has 0 saturated carbocycles. The van der Waals surface area contributed by atoms with Crippen molar-refractivity contribution < 1.29 is 23.9 Å². The summed E-state index contributed by atoms with van der Waals surface area (Å²) in [4.78, 5) is 43.7. The molecule has 1 fully saturated rings. The topological polar surface area (TPSA) is 140 Å². The fraction of sp³-hybridized carbons (Fsp3) is 0.294. The van der Waals surface area contributed by atoms with Crippen LogP contribution < -0.4 is 16.0 Å². The first-order valence-electron chi connectivity index (χ1n) is 8.25. The number of carbonyl (C=O) groups is 3. The van der Waals surface area contributed by atoms with Crippen LogP contribution in [0, 0.1) is 0 Å². The quantitative estimate of drug-likeness (QED) is 0.670. The zero-order chi connectivity index (χ0) is 19.2. The van der Waals surface area contributed by atoms with Gasteiger partial charge in [-0.05, 0) is 24.3 Å². The van der Waals surface area contributed by atoms with Crippen LogP contribution >= 0.6 is 0 Å². The van der Waals surface area contributed by atoms with E-state index in [-0.39, 0.29) is 18.9 Å². The van der Waals surface area contributed by atoms with Crippen molar-refractivity contribution in [1.29, 1.82) is 0 Å². The maximum absolute atomic E-state index is 12.5. The number of aromatic amines is 1. The van der Waals surface area contributed by atoms with Crippen molar-refractivity contribution in [2.75, 3.05) is 30.0 Å². The summed E-state index contributed by atoms with van der Waals surface area (Å²) in [5, 5.41) is 2.67. The number of aromatic nitrogens is 2. The normalized spacial score (nSPS) is 15.3. The lowest BCUT2D eigenvalue weighted by atomic mass is 10.2. The van der Waals surface area contributed by atoms with Crippen LogP contribution in [0.1, 0.15) is 5.69 Å². The van der Waals surface area contributed by atoms with Crippen LogP contribution in [0.3, 0.4) is 0 Å². The number of morpholine rings is 1. The van der Waals surface area contributed by atoms with Gasteiger partial charge in [0.2, 0.25) is 0 Å². The third kappa shape index (κ3) is 4.82. The van der Waals surface area contributed by atoms with Gasteiger partial charge in [-0.2, -0.15) is 0 Å². The molecule has 142 valence electrons. The summed E-state index contributed by atoms with van der Waals surface area (Å²) >= 11 is 0. The van der Waals surface area contributed by atoms with Crippen molar-refractivity contribution in [3.63, 3.8) is 0 Å². The molecule has 0 radical (unpaired) electrons. The highest BCUT2D eigenvalue weighted by Crippen LogP contribution is 2.20. The summed E-state index contributed by atoms with van der Waals surface area (Å²) < 4.78 is 10.0. The molecule has 2 heterocycles. The summed E-state index contributed by atoms with van der Waals surface area (Å²) in [7, 11) is 0. The minimum Gasteiger partial charge on any atom is -0.436 e. The zero-order valence-corrected chi connectivity index (χ0v) is 14.4. The number of benzene rings is 1. The number of H-pyrrole nitrogens is 1. The van der Waals surface area contributed by atoms with Gasteiger partial charge in [0.05, 0.1) is 12.9 Å². The molecule has 10 heteroatoms. The van der Waals surface area contributed by atoms with Gasteiger partial charge in [-0.15, -0.1) is 0 Å². The van der Waals surface area contributed by atoms with Crippen molar-refractivity contribution in [2.45, 2.75) is 12.5 Å². The molecular weight excluding hydrogens is 354 g/mol. The third-order valence-corrected chi connectivity index (χ3v) is 3.94. The van der Waals surface area contributed by atoms with Crippen molar-refractivity contribution in [3.8, 4) is 0 Å². The maximum Gasteiger partial charge on any atom is 0.405 e. The van der Waals surface area contributed by atoms with Crippen LogP contribution in [0.5, 0.6) is 0 Å². The van der Waals surface area contributed by atoms with Gasteiger partial charge in [0.1, 0.15) is 6.61 Å². The van der Waals surface area contributed by atoms with Crippen molar-refractivity contribution in [1.82, 2.24) is 9.97 Å². The van der Waals surface area contributed by atoms with Gasteiger partial charge in [-0.1, -0.05) is 0 Å². The number of ether oxygens (including phenoxy) is 2. The van der Waals surface area contributed by atoms with E-state index in [0.717, 1.165) is 0 Å². The van der Waals surface area contributed by atoms with E-state index in [4.69, 9.17) is 15.2 Å². The highest BCUT2D eigenvalue weighted by molar-refractivity contribution is 5.97. The zero-order valence-electron chi connectivity index (χ0n) is 14.4. The second-order valence-corrected chi connectivity index (χ2v) is 5.84. The van der Waals surface area contributed by atoms with Gasteiger partial charge in [0.15, 0.2) is 6.10 Å². The smallest absolute Gasteiger partial charge is 0.405 e.